The average molecular weight is 1220 g/mol. The van der Waals surface area contributed by atoms with Gasteiger partial charge in [-0.3, -0.25) is 0 Å². The number of β-amino-alcohol motifs (C(OH)–C–C–N with tert-alkyl or cyclic N) is 1. The number of ether oxygens (including phenoxy) is 2. The van der Waals surface area contributed by atoms with E-state index >= 15 is 9.59 Å². The van der Waals surface area contributed by atoms with Crippen molar-refractivity contribution in [3.63, 3.8) is 0 Å². The molecule has 4 aromatic carbocycles. The van der Waals surface area contributed by atoms with Crippen molar-refractivity contribution in [2.45, 2.75) is 148 Å². The van der Waals surface area contributed by atoms with Gasteiger partial charge < -0.3 is 56.2 Å². The summed E-state index contributed by atoms with van der Waals surface area (Å²) in [6, 6.07) is 31.6. The number of benzene rings is 4. The Morgan fingerprint density at radius 1 is 0.844 bits per heavy atom. The van der Waals surface area contributed by atoms with E-state index in [1.54, 1.807) is 13.0 Å². The maximum absolute atomic E-state index is 15.5. The van der Waals surface area contributed by atoms with Gasteiger partial charge in [0.05, 0.1) is 35.3 Å². The number of phenols is 1. The van der Waals surface area contributed by atoms with Crippen molar-refractivity contribution in [3.8, 4) is 28.7 Å². The van der Waals surface area contributed by atoms with Gasteiger partial charge in [0.15, 0.2) is 0 Å². The second-order valence-electron chi connectivity index (χ2n) is 28.3. The molecule has 11 aliphatic rings. The highest BCUT2D eigenvalue weighted by molar-refractivity contribution is 6.07. The van der Waals surface area contributed by atoms with E-state index in [9.17, 15) is 20.1 Å². The predicted octanol–water partition coefficient (Wildman–Crippen LogP) is 11.1. The molecule has 14 atom stereocenters. The molecule has 4 fully saturated rings. The number of piperidine rings is 1. The Hall–Kier alpha value is -6.47. The van der Waals surface area contributed by atoms with Crippen LogP contribution in [0.5, 0.6) is 5.75 Å². The molecule has 0 aromatic heterocycles. The van der Waals surface area contributed by atoms with Crippen LogP contribution >= 0.6 is 0 Å². The minimum Gasteiger partial charge on any atom is -0.508 e. The zero-order chi connectivity index (χ0) is 62.3. The van der Waals surface area contributed by atoms with Crippen molar-refractivity contribution in [1.82, 2.24) is 26.6 Å². The normalized spacial score (nSPS) is 33.0. The second-order valence-corrected chi connectivity index (χ2v) is 28.3. The molecule has 15 rings (SSSR count). The zero-order valence-electron chi connectivity index (χ0n) is 53.2. The fourth-order valence-corrected chi connectivity index (χ4v) is 18.6. The number of carbonyl (C=O) groups excluding carboxylic acids is 3. The number of esters is 2. The van der Waals surface area contributed by atoms with Gasteiger partial charge in [0.2, 0.25) is 0 Å². The number of aromatic hydroxyl groups is 1. The number of aliphatic hydroxyl groups is 2. The molecule has 5 aliphatic carbocycles. The Balaban J connectivity index is 1.00. The first-order chi connectivity index (χ1) is 43.8. The molecular weight excluding hydrogens is 1120 g/mol. The monoisotopic (exact) mass is 1220 g/mol. The Morgan fingerprint density at radius 3 is 2.52 bits per heavy atom. The quantitative estimate of drug-likeness (QED) is 0.0273. The first-order valence-corrected chi connectivity index (χ1v) is 34.0. The Bertz CT molecular complexity index is 3580. The van der Waals surface area contributed by atoms with Gasteiger partial charge in [0, 0.05) is 55.1 Å². The minimum absolute atomic E-state index is 0.0134. The summed E-state index contributed by atoms with van der Waals surface area (Å²) in [6.07, 6.45) is 16.7. The zero-order valence-corrected chi connectivity index (χ0v) is 53.2. The molecule has 1 spiro atoms. The molecule has 13 nitrogen and oxygen atoms in total. The standard InChI is InChI=1S/C77H93N5O8/c1-5-28-79-44-52-33-49-23-29-80-43-50-13-10-14-53(35-50)59-18-17-58(85)40-63(59)68-60-21-27-77(66(90-74(87)71(68)77)38-47(6-2)32-48-11-8-7-9-12-48)70-61(60)19-20-62-65(89-73(86)69(62)70)22-26-76(57-24-30-81-67(39-57)78-4)41-55-36-51(45-84)15-16-56(25-31-83)75(3,88)46-82-72(64(55)42-76)54(34-49)37-52/h7-14,17-18,22,31,33-35,37-38,40,47,51,55-57,60-61,64,67,70,72,78-82,84-85,88H,5-6,19-21,23-30,32,36,39,41-46H2,1-4H3. The number of cyclic esters (lactones) is 1. The van der Waals surface area contributed by atoms with Crippen LogP contribution in [-0.2, 0) is 49.8 Å². The van der Waals surface area contributed by atoms with E-state index in [2.05, 4.69) is 131 Å². The number of fused-ring (bicyclic) bond motifs is 5. The van der Waals surface area contributed by atoms with Gasteiger partial charge in [-0.1, -0.05) is 98.5 Å². The molecule has 0 radical (unpaired) electrons. The van der Waals surface area contributed by atoms with Gasteiger partial charge in [-0.2, -0.15) is 0 Å². The molecule has 4 aromatic rings. The van der Waals surface area contributed by atoms with Gasteiger partial charge in [0.25, 0.3) is 0 Å². The van der Waals surface area contributed by atoms with Gasteiger partial charge in [-0.25, -0.2) is 9.59 Å². The highest BCUT2D eigenvalue weighted by atomic mass is 16.6. The topological polar surface area (TPSA) is 191 Å². The largest absolute Gasteiger partial charge is 0.508 e. The van der Waals surface area contributed by atoms with E-state index in [4.69, 9.17) is 9.47 Å². The second kappa shape index (κ2) is 26.3. The molecule has 8 N–H and O–H groups in total. The third-order valence-corrected chi connectivity index (χ3v) is 22.9. The average Bonchev–Trinajstić information content (AvgIpc) is 1.37. The van der Waals surface area contributed by atoms with Crippen LogP contribution in [0.15, 0.2) is 131 Å². The molecule has 14 unspecified atom stereocenters. The fraction of sp³-hybridized carbons (Fsp3) is 0.519. The molecule has 13 heteroatoms. The van der Waals surface area contributed by atoms with Gasteiger partial charge in [-0.05, 0) is 245 Å². The lowest BCUT2D eigenvalue weighted by atomic mass is 9.44. The molecule has 0 amide bonds. The lowest BCUT2D eigenvalue weighted by molar-refractivity contribution is -0.135. The van der Waals surface area contributed by atoms with Crippen LogP contribution < -0.4 is 26.6 Å². The van der Waals surface area contributed by atoms with Crippen molar-refractivity contribution in [2.24, 2.45) is 64.1 Å². The van der Waals surface area contributed by atoms with Gasteiger partial charge in [0.1, 0.15) is 23.6 Å². The van der Waals surface area contributed by atoms with E-state index in [1.807, 2.05) is 25.2 Å². The number of carbonyl (C=O) groups is 3. The summed E-state index contributed by atoms with van der Waals surface area (Å²) in [6.45, 7) is 10.0. The number of phenolic OH excluding ortho intramolecular Hbond substituents is 1. The predicted molar refractivity (Wildman–Crippen MR) is 350 cm³/mol. The van der Waals surface area contributed by atoms with Crippen molar-refractivity contribution in [2.75, 3.05) is 39.8 Å². The summed E-state index contributed by atoms with van der Waals surface area (Å²) in [5, 5.41) is 54.3. The van der Waals surface area contributed by atoms with Crippen LogP contribution in [0.1, 0.15) is 144 Å². The Morgan fingerprint density at radius 2 is 1.71 bits per heavy atom. The summed E-state index contributed by atoms with van der Waals surface area (Å²) < 4.78 is 13.6. The number of aldehydes is 1. The number of nitrogens with one attached hydrogen (secondary N) is 5. The number of allylic oxidation sites excluding steroid dienone is 5. The van der Waals surface area contributed by atoms with E-state index in [0.717, 1.165) is 129 Å². The van der Waals surface area contributed by atoms with Crippen LogP contribution in [0, 0.1) is 75.9 Å². The van der Waals surface area contributed by atoms with E-state index < -0.39 is 16.9 Å². The summed E-state index contributed by atoms with van der Waals surface area (Å²) in [5.41, 5.74) is 9.29. The molecule has 90 heavy (non-hydrogen) atoms. The smallest absolute Gasteiger partial charge is 0.340 e. The van der Waals surface area contributed by atoms with Gasteiger partial charge in [-0.15, -0.1) is 0 Å². The first-order valence-electron chi connectivity index (χ1n) is 34.0. The summed E-state index contributed by atoms with van der Waals surface area (Å²) in [4.78, 5) is 43.2. The molecule has 2 saturated heterocycles. The van der Waals surface area contributed by atoms with Crippen LogP contribution in [0.25, 0.3) is 16.7 Å². The molecule has 14 bridgehead atoms. The summed E-state index contributed by atoms with van der Waals surface area (Å²) in [5.74, 6) is 6.51. The molecule has 2 saturated carbocycles. The van der Waals surface area contributed by atoms with E-state index in [1.165, 1.54) is 16.7 Å². The van der Waals surface area contributed by atoms with E-state index in [0.29, 0.717) is 61.4 Å². The summed E-state index contributed by atoms with van der Waals surface area (Å²) >= 11 is 0. The van der Waals surface area contributed by atoms with Crippen LogP contribution in [0.3, 0.4) is 0 Å². The van der Waals surface area contributed by atoms with Crippen LogP contribution in [0.4, 0.5) is 0 Å². The molecular formula is C77H93N5O8. The van der Waals surface area contributed by atoms with Crippen molar-refractivity contribution >= 4 is 23.8 Å². The fourth-order valence-electron chi connectivity index (χ4n) is 18.6. The van der Waals surface area contributed by atoms with Crippen molar-refractivity contribution < 1.29 is 39.2 Å². The maximum atomic E-state index is 15.5. The van der Waals surface area contributed by atoms with Crippen molar-refractivity contribution in [3.05, 3.63) is 165 Å². The summed E-state index contributed by atoms with van der Waals surface area (Å²) in [7, 11) is 2.03. The Labute approximate surface area is 532 Å². The molecule has 6 aliphatic heterocycles. The highest BCUT2D eigenvalue weighted by Gasteiger charge is 2.69. The van der Waals surface area contributed by atoms with Crippen LogP contribution in [-0.4, -0.2) is 85.1 Å². The van der Waals surface area contributed by atoms with E-state index in [-0.39, 0.29) is 102 Å². The third kappa shape index (κ3) is 11.8. The SMILES string of the molecule is CCCNCc1cc2cc(c1)C1NCC(C)(O)C(CC=O)C#CC(CO)CC3CC(C4CCNC(NC)C4)(CC=C4OC(=O)C5=C4CCC4C6CCC7(C(=CC(CC)Cc8ccccc8)OC(=O)C7=C6c6cc(O)ccc6-c6cccc(c6)CNCC2)C54)CC31. The number of hydrogen-bond donors (Lipinski definition) is 8. The molecule has 6 heterocycles. The van der Waals surface area contributed by atoms with Gasteiger partial charge >= 0.3 is 11.9 Å². The highest BCUT2D eigenvalue weighted by Crippen LogP contribution is 2.72. The van der Waals surface area contributed by atoms with Crippen molar-refractivity contribution in [1.29, 1.82) is 0 Å². The molecule has 474 valence electrons. The number of aliphatic hydroxyl groups excluding tert-OH is 1. The number of rotatable bonds is 13. The lowest BCUT2D eigenvalue weighted by Crippen LogP contribution is -2.52. The Kier molecular flexibility index (Phi) is 18.2. The number of hydrogen-bond acceptors (Lipinski definition) is 13. The third-order valence-electron chi connectivity index (χ3n) is 22.9. The lowest BCUT2D eigenvalue weighted by Gasteiger charge is -2.56. The first kappa shape index (κ1) is 62.3. The van der Waals surface area contributed by atoms with Crippen LogP contribution in [0.2, 0.25) is 0 Å². The minimum atomic E-state index is -1.37. The maximum Gasteiger partial charge on any atom is 0.340 e.